The van der Waals surface area contributed by atoms with Crippen LogP contribution in [0.5, 0.6) is 0 Å². The molecule has 0 unspecified atom stereocenters. The maximum absolute atomic E-state index is 11.6. The number of benzene rings is 1. The molecule has 0 heterocycles. The van der Waals surface area contributed by atoms with Crippen molar-refractivity contribution in [3.8, 4) is 0 Å². The Labute approximate surface area is 120 Å². The van der Waals surface area contributed by atoms with Crippen LogP contribution in [0.25, 0.3) is 0 Å². The van der Waals surface area contributed by atoms with E-state index in [0.717, 1.165) is 0 Å². The number of aromatic carboxylic acids is 1. The summed E-state index contributed by atoms with van der Waals surface area (Å²) in [6, 6.07) is 2.53. The predicted octanol–water partition coefficient (Wildman–Crippen LogP) is 4.04. The zero-order chi connectivity index (χ0) is 14.8. The molecule has 0 aromatic heterocycles. The molecule has 1 rings (SSSR count). The number of halogens is 2. The lowest BCUT2D eigenvalue weighted by Gasteiger charge is -2.20. The summed E-state index contributed by atoms with van der Waals surface area (Å²) < 4.78 is 5.03. The lowest BCUT2D eigenvalue weighted by Crippen LogP contribution is -2.27. The number of hydrogen-bond donors (Lipinski definition) is 2. The summed E-state index contributed by atoms with van der Waals surface area (Å²) in [4.78, 5) is 22.7. The van der Waals surface area contributed by atoms with E-state index in [4.69, 9.17) is 33.0 Å². The van der Waals surface area contributed by atoms with E-state index in [1.807, 2.05) is 0 Å². The van der Waals surface area contributed by atoms with Crippen molar-refractivity contribution in [2.75, 3.05) is 5.32 Å². The summed E-state index contributed by atoms with van der Waals surface area (Å²) >= 11 is 11.6. The topological polar surface area (TPSA) is 75.6 Å². The second-order valence-corrected chi connectivity index (χ2v) is 5.59. The third-order valence-electron chi connectivity index (χ3n) is 1.91. The van der Waals surface area contributed by atoms with Crippen LogP contribution in [0.1, 0.15) is 31.1 Å². The van der Waals surface area contributed by atoms with E-state index in [1.165, 1.54) is 12.1 Å². The van der Waals surface area contributed by atoms with E-state index < -0.39 is 17.7 Å². The molecule has 0 aliphatic heterocycles. The van der Waals surface area contributed by atoms with Gasteiger partial charge in [0.1, 0.15) is 5.60 Å². The van der Waals surface area contributed by atoms with E-state index in [1.54, 1.807) is 20.8 Å². The van der Waals surface area contributed by atoms with Crippen LogP contribution in [0, 0.1) is 0 Å². The fourth-order valence-electron chi connectivity index (χ4n) is 1.27. The van der Waals surface area contributed by atoms with Crippen LogP contribution in [0.2, 0.25) is 10.0 Å². The number of rotatable bonds is 2. The second kappa shape index (κ2) is 5.67. The van der Waals surface area contributed by atoms with Gasteiger partial charge in [0, 0.05) is 5.02 Å². The van der Waals surface area contributed by atoms with Crippen molar-refractivity contribution in [3.63, 3.8) is 0 Å². The summed E-state index contributed by atoms with van der Waals surface area (Å²) in [6.45, 7) is 5.07. The number of ether oxygens (including phenoxy) is 1. The van der Waals surface area contributed by atoms with Crippen LogP contribution in [0.4, 0.5) is 10.5 Å². The monoisotopic (exact) mass is 305 g/mol. The smallest absolute Gasteiger partial charge is 0.412 e. The Morgan fingerprint density at radius 1 is 1.26 bits per heavy atom. The zero-order valence-corrected chi connectivity index (χ0v) is 12.1. The highest BCUT2D eigenvalue weighted by molar-refractivity contribution is 6.37. The fourth-order valence-corrected chi connectivity index (χ4v) is 1.82. The highest BCUT2D eigenvalue weighted by atomic mass is 35.5. The number of hydrogen-bond acceptors (Lipinski definition) is 3. The molecule has 0 radical (unpaired) electrons. The molecule has 0 aliphatic rings. The minimum absolute atomic E-state index is 0.0239. The molecule has 104 valence electrons. The normalized spacial score (nSPS) is 11.0. The third kappa shape index (κ3) is 4.61. The standard InChI is InChI=1S/C12H13Cl2NO4/c1-12(2,3)19-11(18)15-9-7(10(16)17)4-6(13)5-8(9)14/h4-5H,1-3H3,(H,15,18)(H,16,17). The first-order valence-corrected chi connectivity index (χ1v) is 6.08. The Morgan fingerprint density at radius 2 is 1.84 bits per heavy atom. The molecule has 1 amide bonds. The van der Waals surface area contributed by atoms with E-state index in [-0.39, 0.29) is 21.3 Å². The molecule has 0 spiro atoms. The number of nitrogens with one attached hydrogen (secondary N) is 1. The van der Waals surface area contributed by atoms with Gasteiger partial charge in [-0.1, -0.05) is 23.2 Å². The van der Waals surface area contributed by atoms with Gasteiger partial charge in [0.25, 0.3) is 0 Å². The minimum Gasteiger partial charge on any atom is -0.478 e. The van der Waals surface area contributed by atoms with Crippen molar-refractivity contribution in [3.05, 3.63) is 27.7 Å². The first-order chi connectivity index (χ1) is 8.60. The summed E-state index contributed by atoms with van der Waals surface area (Å²) in [5, 5.41) is 11.5. The SMILES string of the molecule is CC(C)(C)OC(=O)Nc1c(Cl)cc(Cl)cc1C(=O)O. The van der Waals surface area contributed by atoms with Crippen molar-refractivity contribution in [2.45, 2.75) is 26.4 Å². The number of carbonyl (C=O) groups is 2. The summed E-state index contributed by atoms with van der Waals surface area (Å²) in [5.41, 5.74) is -0.956. The first kappa shape index (κ1) is 15.6. The highest BCUT2D eigenvalue weighted by Gasteiger charge is 2.21. The Bertz CT molecular complexity index is 523. The van der Waals surface area contributed by atoms with Crippen LogP contribution in [0.3, 0.4) is 0 Å². The summed E-state index contributed by atoms with van der Waals surface area (Å²) in [7, 11) is 0. The van der Waals surface area contributed by atoms with E-state index in [0.29, 0.717) is 0 Å². The molecule has 1 aromatic rings. The number of carboxylic acids is 1. The molecule has 0 fully saturated rings. The maximum Gasteiger partial charge on any atom is 0.412 e. The van der Waals surface area contributed by atoms with Crippen LogP contribution in [-0.4, -0.2) is 22.8 Å². The van der Waals surface area contributed by atoms with Gasteiger partial charge in [0.05, 0.1) is 16.3 Å². The maximum atomic E-state index is 11.6. The quantitative estimate of drug-likeness (QED) is 0.864. The summed E-state index contributed by atoms with van der Waals surface area (Å²) in [6.07, 6.45) is -0.792. The number of carbonyl (C=O) groups excluding carboxylic acids is 1. The first-order valence-electron chi connectivity index (χ1n) is 5.32. The van der Waals surface area contributed by atoms with Gasteiger partial charge in [-0.15, -0.1) is 0 Å². The van der Waals surface area contributed by atoms with Crippen molar-refractivity contribution in [2.24, 2.45) is 0 Å². The van der Waals surface area contributed by atoms with Gasteiger partial charge in [-0.3, -0.25) is 5.32 Å². The van der Waals surface area contributed by atoms with Crippen LogP contribution in [0.15, 0.2) is 12.1 Å². The van der Waals surface area contributed by atoms with Gasteiger partial charge < -0.3 is 9.84 Å². The molecule has 19 heavy (non-hydrogen) atoms. The molecule has 7 heteroatoms. The van der Waals surface area contributed by atoms with Gasteiger partial charge in [-0.05, 0) is 32.9 Å². The molecule has 0 saturated heterocycles. The third-order valence-corrected chi connectivity index (χ3v) is 2.43. The Morgan fingerprint density at radius 3 is 2.32 bits per heavy atom. The highest BCUT2D eigenvalue weighted by Crippen LogP contribution is 2.30. The Hall–Kier alpha value is -1.46. The lowest BCUT2D eigenvalue weighted by atomic mass is 10.2. The molecule has 0 saturated carbocycles. The zero-order valence-electron chi connectivity index (χ0n) is 10.6. The fraction of sp³-hybridized carbons (Fsp3) is 0.333. The van der Waals surface area contributed by atoms with Gasteiger partial charge >= 0.3 is 12.1 Å². The lowest BCUT2D eigenvalue weighted by molar-refractivity contribution is 0.0636. The average Bonchev–Trinajstić information content (AvgIpc) is 2.18. The minimum atomic E-state index is -1.25. The molecular formula is C12H13Cl2NO4. The van der Waals surface area contributed by atoms with Crippen molar-refractivity contribution < 1.29 is 19.4 Å². The van der Waals surface area contributed by atoms with Gasteiger partial charge in [0.15, 0.2) is 0 Å². The Kier molecular flexibility index (Phi) is 4.66. The van der Waals surface area contributed by atoms with E-state index in [2.05, 4.69) is 5.32 Å². The molecular weight excluding hydrogens is 293 g/mol. The van der Waals surface area contributed by atoms with Crippen molar-refractivity contribution >= 4 is 41.0 Å². The van der Waals surface area contributed by atoms with E-state index in [9.17, 15) is 9.59 Å². The molecule has 2 N–H and O–H groups in total. The van der Waals surface area contributed by atoms with Crippen molar-refractivity contribution in [1.29, 1.82) is 0 Å². The predicted molar refractivity (Wildman–Crippen MR) is 73.3 cm³/mol. The van der Waals surface area contributed by atoms with Crippen molar-refractivity contribution in [1.82, 2.24) is 0 Å². The summed E-state index contributed by atoms with van der Waals surface area (Å²) in [5.74, 6) is -1.25. The molecule has 0 atom stereocenters. The number of amides is 1. The van der Waals surface area contributed by atoms with Crippen LogP contribution in [-0.2, 0) is 4.74 Å². The number of carboxylic acid groups (broad SMARTS) is 1. The largest absolute Gasteiger partial charge is 0.478 e. The Balaban J connectivity index is 3.07. The number of anilines is 1. The average molecular weight is 306 g/mol. The van der Waals surface area contributed by atoms with Gasteiger partial charge in [-0.2, -0.15) is 0 Å². The van der Waals surface area contributed by atoms with Gasteiger partial charge in [-0.25, -0.2) is 9.59 Å². The van der Waals surface area contributed by atoms with Gasteiger partial charge in [0.2, 0.25) is 0 Å². The van der Waals surface area contributed by atoms with Crippen LogP contribution >= 0.6 is 23.2 Å². The van der Waals surface area contributed by atoms with Crippen LogP contribution < -0.4 is 5.32 Å². The molecule has 5 nitrogen and oxygen atoms in total. The molecule has 0 aliphatic carbocycles. The van der Waals surface area contributed by atoms with E-state index >= 15 is 0 Å². The second-order valence-electron chi connectivity index (χ2n) is 4.74. The molecule has 0 bridgehead atoms. The molecule has 1 aromatic carbocycles.